The minimum absolute atomic E-state index is 0.125. The third kappa shape index (κ3) is 4.51. The number of hydrogen-bond acceptors (Lipinski definition) is 5. The lowest BCUT2D eigenvalue weighted by Crippen LogP contribution is -2.45. The minimum Gasteiger partial charge on any atom is -0.452 e. The van der Waals surface area contributed by atoms with Crippen molar-refractivity contribution in [2.24, 2.45) is 0 Å². The Bertz CT molecular complexity index is 728. The lowest BCUT2D eigenvalue weighted by molar-refractivity contribution is -0.138. The highest BCUT2D eigenvalue weighted by Gasteiger charge is 2.29. The number of carbonyl (C=O) groups is 3. The molecule has 1 atom stereocenters. The SMILES string of the molecule is CC[C@H]1CCCCN1C(=O)COC(=O)c1c(NC(C)=O)sc2c1CCCC2. The Hall–Kier alpha value is -1.89. The van der Waals surface area contributed by atoms with Crippen LogP contribution >= 0.6 is 11.3 Å². The van der Waals surface area contributed by atoms with Crippen molar-refractivity contribution in [2.75, 3.05) is 18.5 Å². The van der Waals surface area contributed by atoms with Gasteiger partial charge in [-0.3, -0.25) is 9.59 Å². The van der Waals surface area contributed by atoms with Crippen molar-refractivity contribution in [1.82, 2.24) is 4.90 Å². The zero-order valence-corrected chi connectivity index (χ0v) is 17.0. The highest BCUT2D eigenvalue weighted by atomic mass is 32.1. The van der Waals surface area contributed by atoms with E-state index in [-0.39, 0.29) is 24.5 Å². The Balaban J connectivity index is 1.71. The maximum atomic E-state index is 12.8. The molecule has 7 heteroatoms. The molecule has 0 radical (unpaired) electrons. The van der Waals surface area contributed by atoms with Gasteiger partial charge in [-0.25, -0.2) is 4.79 Å². The normalized spacial score (nSPS) is 19.3. The molecule has 1 fully saturated rings. The first kappa shape index (κ1) is 19.9. The van der Waals surface area contributed by atoms with Crippen LogP contribution in [-0.2, 0) is 27.2 Å². The number of rotatable bonds is 5. The molecule has 27 heavy (non-hydrogen) atoms. The molecule has 0 aromatic carbocycles. The molecule has 148 valence electrons. The molecule has 1 saturated heterocycles. The van der Waals surface area contributed by atoms with E-state index in [1.54, 1.807) is 0 Å². The smallest absolute Gasteiger partial charge is 0.341 e. The molecule has 2 amide bonds. The molecule has 0 saturated carbocycles. The number of esters is 1. The fourth-order valence-corrected chi connectivity index (χ4v) is 5.39. The van der Waals surface area contributed by atoms with Crippen LogP contribution in [0.25, 0.3) is 0 Å². The molecule has 2 aliphatic rings. The number of nitrogens with zero attached hydrogens (tertiary/aromatic N) is 1. The predicted octanol–water partition coefficient (Wildman–Crippen LogP) is 3.53. The number of amides is 2. The van der Waals surface area contributed by atoms with Gasteiger partial charge in [0, 0.05) is 24.4 Å². The van der Waals surface area contributed by atoms with Crippen LogP contribution in [0.3, 0.4) is 0 Å². The van der Waals surface area contributed by atoms with Gasteiger partial charge in [-0.15, -0.1) is 11.3 Å². The van der Waals surface area contributed by atoms with Crippen LogP contribution in [0.2, 0.25) is 0 Å². The van der Waals surface area contributed by atoms with Crippen molar-refractivity contribution >= 4 is 34.1 Å². The summed E-state index contributed by atoms with van der Waals surface area (Å²) in [5.74, 6) is -0.838. The number of piperidine rings is 1. The number of carbonyl (C=O) groups excluding carboxylic acids is 3. The zero-order chi connectivity index (χ0) is 19.4. The average molecular weight is 393 g/mol. The topological polar surface area (TPSA) is 75.7 Å². The summed E-state index contributed by atoms with van der Waals surface area (Å²) in [7, 11) is 0. The van der Waals surface area contributed by atoms with E-state index in [1.165, 1.54) is 18.3 Å². The second-order valence-corrected chi connectivity index (χ2v) is 8.42. The minimum atomic E-state index is -0.503. The first-order valence-corrected chi connectivity index (χ1v) is 10.7. The largest absolute Gasteiger partial charge is 0.452 e. The molecular weight excluding hydrogens is 364 g/mol. The fourth-order valence-electron chi connectivity index (χ4n) is 4.07. The van der Waals surface area contributed by atoms with E-state index in [0.717, 1.165) is 68.4 Å². The maximum absolute atomic E-state index is 12.8. The van der Waals surface area contributed by atoms with Gasteiger partial charge in [-0.1, -0.05) is 6.92 Å². The average Bonchev–Trinajstić information content (AvgIpc) is 3.02. The Labute approximate surface area is 164 Å². The summed E-state index contributed by atoms with van der Waals surface area (Å²) in [4.78, 5) is 39.9. The van der Waals surface area contributed by atoms with Crippen molar-refractivity contribution in [3.63, 3.8) is 0 Å². The lowest BCUT2D eigenvalue weighted by atomic mass is 9.95. The standard InChI is InChI=1S/C20H28N2O4S/c1-3-14-8-6-7-11-22(14)17(24)12-26-20(25)18-15-9-4-5-10-16(15)27-19(18)21-13(2)23/h14H,3-12H2,1-2H3,(H,21,23)/t14-/m0/s1. The van der Waals surface area contributed by atoms with E-state index in [2.05, 4.69) is 12.2 Å². The van der Waals surface area contributed by atoms with Crippen molar-refractivity contribution < 1.29 is 19.1 Å². The molecule has 0 bridgehead atoms. The van der Waals surface area contributed by atoms with Crippen LogP contribution in [0.15, 0.2) is 0 Å². The number of nitrogens with one attached hydrogen (secondary N) is 1. The monoisotopic (exact) mass is 392 g/mol. The van der Waals surface area contributed by atoms with E-state index < -0.39 is 5.97 Å². The lowest BCUT2D eigenvalue weighted by Gasteiger charge is -2.35. The van der Waals surface area contributed by atoms with E-state index in [4.69, 9.17) is 4.74 Å². The first-order chi connectivity index (χ1) is 13.0. The van der Waals surface area contributed by atoms with E-state index in [0.29, 0.717) is 10.6 Å². The van der Waals surface area contributed by atoms with Crippen LogP contribution in [0, 0.1) is 0 Å². The number of likely N-dealkylation sites (tertiary alicyclic amines) is 1. The van der Waals surface area contributed by atoms with Gasteiger partial charge in [0.05, 0.1) is 5.56 Å². The summed E-state index contributed by atoms with van der Waals surface area (Å²) in [6.45, 7) is 4.01. The summed E-state index contributed by atoms with van der Waals surface area (Å²) in [6.07, 6.45) is 7.93. The van der Waals surface area contributed by atoms with Crippen LogP contribution in [0.1, 0.15) is 73.2 Å². The van der Waals surface area contributed by atoms with E-state index in [9.17, 15) is 14.4 Å². The second-order valence-electron chi connectivity index (χ2n) is 7.32. The summed E-state index contributed by atoms with van der Waals surface area (Å²) >= 11 is 1.46. The van der Waals surface area contributed by atoms with Crippen molar-refractivity contribution in [1.29, 1.82) is 0 Å². The summed E-state index contributed by atoms with van der Waals surface area (Å²) in [5.41, 5.74) is 1.43. The molecule has 0 unspecified atom stereocenters. The maximum Gasteiger partial charge on any atom is 0.341 e. The Morgan fingerprint density at radius 2 is 1.96 bits per heavy atom. The van der Waals surface area contributed by atoms with Crippen molar-refractivity contribution in [3.05, 3.63) is 16.0 Å². The second kappa shape index (κ2) is 8.87. The Kier molecular flexibility index (Phi) is 6.52. The number of hydrogen-bond donors (Lipinski definition) is 1. The van der Waals surface area contributed by atoms with Gasteiger partial charge < -0.3 is 15.0 Å². The first-order valence-electron chi connectivity index (χ1n) is 9.90. The quantitative estimate of drug-likeness (QED) is 0.778. The van der Waals surface area contributed by atoms with Crippen molar-refractivity contribution in [2.45, 2.75) is 71.3 Å². The van der Waals surface area contributed by atoms with Crippen LogP contribution < -0.4 is 5.32 Å². The van der Waals surface area contributed by atoms with Gasteiger partial charge in [0.15, 0.2) is 6.61 Å². The fraction of sp³-hybridized carbons (Fsp3) is 0.650. The predicted molar refractivity (Wildman–Crippen MR) is 105 cm³/mol. The van der Waals surface area contributed by atoms with Gasteiger partial charge in [0.25, 0.3) is 5.91 Å². The van der Waals surface area contributed by atoms with Gasteiger partial charge in [-0.2, -0.15) is 0 Å². The summed E-state index contributed by atoms with van der Waals surface area (Å²) < 4.78 is 5.41. The third-order valence-electron chi connectivity index (χ3n) is 5.41. The summed E-state index contributed by atoms with van der Waals surface area (Å²) in [6, 6.07) is 0.244. The van der Waals surface area contributed by atoms with E-state index in [1.807, 2.05) is 4.90 Å². The Morgan fingerprint density at radius 3 is 2.70 bits per heavy atom. The van der Waals surface area contributed by atoms with Crippen LogP contribution in [0.4, 0.5) is 5.00 Å². The van der Waals surface area contributed by atoms with Gasteiger partial charge >= 0.3 is 5.97 Å². The highest BCUT2D eigenvalue weighted by Crippen LogP contribution is 2.38. The zero-order valence-electron chi connectivity index (χ0n) is 16.1. The van der Waals surface area contributed by atoms with Gasteiger partial charge in [0.2, 0.25) is 5.91 Å². The van der Waals surface area contributed by atoms with Crippen LogP contribution in [0.5, 0.6) is 0 Å². The Morgan fingerprint density at radius 1 is 1.19 bits per heavy atom. The molecule has 1 aliphatic heterocycles. The number of anilines is 1. The number of aryl methyl sites for hydroxylation is 1. The molecular formula is C20H28N2O4S. The molecule has 0 spiro atoms. The van der Waals surface area contributed by atoms with E-state index >= 15 is 0 Å². The van der Waals surface area contributed by atoms with Crippen molar-refractivity contribution in [3.8, 4) is 0 Å². The molecule has 2 heterocycles. The molecule has 1 aromatic heterocycles. The molecule has 3 rings (SSSR count). The van der Waals surface area contributed by atoms with Crippen LogP contribution in [-0.4, -0.2) is 41.9 Å². The molecule has 1 aliphatic carbocycles. The van der Waals surface area contributed by atoms with Gasteiger partial charge in [-0.05, 0) is 56.9 Å². The number of thiophene rings is 1. The molecule has 1 N–H and O–H groups in total. The number of fused-ring (bicyclic) bond motifs is 1. The summed E-state index contributed by atoms with van der Waals surface area (Å²) in [5, 5.41) is 3.31. The highest BCUT2D eigenvalue weighted by molar-refractivity contribution is 7.17. The number of ether oxygens (including phenoxy) is 1. The van der Waals surface area contributed by atoms with Gasteiger partial charge in [0.1, 0.15) is 5.00 Å². The third-order valence-corrected chi connectivity index (χ3v) is 6.62. The molecule has 6 nitrogen and oxygen atoms in total. The molecule has 1 aromatic rings.